The minimum Gasteiger partial charge on any atom is -0.334 e. The number of anilines is 1. The fourth-order valence-corrected chi connectivity index (χ4v) is 2.74. The highest BCUT2D eigenvalue weighted by Gasteiger charge is 2.18. The van der Waals surface area contributed by atoms with Gasteiger partial charge in [0.05, 0.1) is 23.0 Å². The van der Waals surface area contributed by atoms with E-state index in [9.17, 15) is 4.79 Å². The number of carbonyl (C=O) groups is 1. The molecule has 0 saturated heterocycles. The Hall–Kier alpha value is -3.80. The molecule has 0 radical (unpaired) electrons. The van der Waals surface area contributed by atoms with Gasteiger partial charge in [-0.1, -0.05) is 41.1 Å². The van der Waals surface area contributed by atoms with Crippen molar-refractivity contribution in [3.05, 3.63) is 84.2 Å². The molecule has 0 bridgehead atoms. The average molecular weight is 356 g/mol. The summed E-state index contributed by atoms with van der Waals surface area (Å²) in [5, 5.41) is 6.88. The molecular formula is C21H16N4O2. The van der Waals surface area contributed by atoms with Crippen LogP contribution in [0, 0.1) is 6.92 Å². The van der Waals surface area contributed by atoms with Gasteiger partial charge in [0, 0.05) is 11.8 Å². The third kappa shape index (κ3) is 3.59. The van der Waals surface area contributed by atoms with Gasteiger partial charge in [-0.2, -0.15) is 4.98 Å². The van der Waals surface area contributed by atoms with Crippen molar-refractivity contribution in [2.24, 2.45) is 0 Å². The lowest BCUT2D eigenvalue weighted by atomic mass is 10.1. The molecule has 1 amide bonds. The first kappa shape index (κ1) is 16.7. The highest BCUT2D eigenvalue weighted by Crippen LogP contribution is 2.26. The summed E-state index contributed by atoms with van der Waals surface area (Å²) in [5.74, 6) is 0.508. The van der Waals surface area contributed by atoms with Crippen molar-refractivity contribution in [2.75, 3.05) is 5.32 Å². The van der Waals surface area contributed by atoms with E-state index in [1.54, 1.807) is 42.7 Å². The summed E-state index contributed by atoms with van der Waals surface area (Å²) in [7, 11) is 0. The number of carbonyl (C=O) groups excluding carboxylic acids is 1. The maximum atomic E-state index is 12.7. The lowest BCUT2D eigenvalue weighted by molar-refractivity contribution is 0.102. The molecule has 0 saturated carbocycles. The van der Waals surface area contributed by atoms with Crippen molar-refractivity contribution in [1.29, 1.82) is 0 Å². The lowest BCUT2D eigenvalue weighted by Crippen LogP contribution is -2.13. The minimum absolute atomic E-state index is 0.270. The van der Waals surface area contributed by atoms with Crippen molar-refractivity contribution in [3.8, 4) is 22.8 Å². The largest absolute Gasteiger partial charge is 0.334 e. The van der Waals surface area contributed by atoms with Crippen LogP contribution < -0.4 is 5.32 Å². The second kappa shape index (κ2) is 7.21. The summed E-state index contributed by atoms with van der Waals surface area (Å²) in [5.41, 5.74) is 3.60. The maximum absolute atomic E-state index is 12.7. The second-order valence-corrected chi connectivity index (χ2v) is 6.03. The van der Waals surface area contributed by atoms with Crippen molar-refractivity contribution >= 4 is 11.6 Å². The zero-order chi connectivity index (χ0) is 18.6. The maximum Gasteiger partial charge on any atom is 0.259 e. The van der Waals surface area contributed by atoms with E-state index in [1.807, 2.05) is 37.3 Å². The highest BCUT2D eigenvalue weighted by molar-refractivity contribution is 6.08. The number of pyridine rings is 1. The first-order valence-corrected chi connectivity index (χ1v) is 8.42. The van der Waals surface area contributed by atoms with E-state index in [-0.39, 0.29) is 5.91 Å². The third-order valence-corrected chi connectivity index (χ3v) is 4.02. The minimum atomic E-state index is -0.270. The molecule has 0 fully saturated rings. The molecule has 0 unspecified atom stereocenters. The van der Waals surface area contributed by atoms with Gasteiger partial charge in [0.2, 0.25) is 5.82 Å². The Balaban J connectivity index is 1.66. The van der Waals surface area contributed by atoms with E-state index in [1.165, 1.54) is 0 Å². The standard InChI is InChI=1S/C21H16N4O2/c1-14-6-4-7-15(12-14)19-24-21(27-25-19)18-10-3-2-9-17(18)20(26)23-16-8-5-11-22-13-16/h2-13H,1H3,(H,23,26). The summed E-state index contributed by atoms with van der Waals surface area (Å²) in [6, 6.07) is 18.5. The molecule has 0 spiro atoms. The first-order chi connectivity index (χ1) is 13.2. The molecule has 132 valence electrons. The number of aryl methyl sites for hydroxylation is 1. The molecule has 4 aromatic rings. The predicted octanol–water partition coefficient (Wildman–Crippen LogP) is 4.36. The van der Waals surface area contributed by atoms with Gasteiger partial charge < -0.3 is 9.84 Å². The molecule has 2 heterocycles. The Morgan fingerprint density at radius 2 is 1.93 bits per heavy atom. The molecule has 0 aliphatic heterocycles. The monoisotopic (exact) mass is 356 g/mol. The molecule has 4 rings (SSSR count). The molecule has 0 aliphatic carbocycles. The molecule has 2 aromatic heterocycles. The van der Waals surface area contributed by atoms with Gasteiger partial charge in [0.1, 0.15) is 0 Å². The molecular weight excluding hydrogens is 340 g/mol. The number of rotatable bonds is 4. The number of benzene rings is 2. The summed E-state index contributed by atoms with van der Waals surface area (Å²) in [6.07, 6.45) is 3.23. The SMILES string of the molecule is Cc1cccc(-c2noc(-c3ccccc3C(=O)Nc3cccnc3)n2)c1. The fourth-order valence-electron chi connectivity index (χ4n) is 2.74. The van der Waals surface area contributed by atoms with Crippen molar-refractivity contribution in [2.45, 2.75) is 6.92 Å². The number of amides is 1. The van der Waals surface area contributed by atoms with Crippen LogP contribution in [0.1, 0.15) is 15.9 Å². The second-order valence-electron chi connectivity index (χ2n) is 6.03. The Kier molecular flexibility index (Phi) is 4.45. The Bertz CT molecular complexity index is 1090. The molecule has 0 aliphatic rings. The van der Waals surface area contributed by atoms with Gasteiger partial charge >= 0.3 is 0 Å². The van der Waals surface area contributed by atoms with E-state index in [0.29, 0.717) is 28.5 Å². The van der Waals surface area contributed by atoms with Crippen molar-refractivity contribution in [3.63, 3.8) is 0 Å². The Morgan fingerprint density at radius 1 is 1.04 bits per heavy atom. The van der Waals surface area contributed by atoms with Crippen molar-refractivity contribution in [1.82, 2.24) is 15.1 Å². The summed E-state index contributed by atoms with van der Waals surface area (Å²) >= 11 is 0. The van der Waals surface area contributed by atoms with E-state index in [0.717, 1.165) is 11.1 Å². The number of hydrogen-bond donors (Lipinski definition) is 1. The molecule has 1 N–H and O–H groups in total. The van der Waals surface area contributed by atoms with Gasteiger partial charge in [-0.3, -0.25) is 9.78 Å². The normalized spacial score (nSPS) is 10.6. The van der Waals surface area contributed by atoms with E-state index >= 15 is 0 Å². The molecule has 27 heavy (non-hydrogen) atoms. The van der Waals surface area contributed by atoms with Gasteiger partial charge in [-0.05, 0) is 37.3 Å². The quantitative estimate of drug-likeness (QED) is 0.587. The number of nitrogens with one attached hydrogen (secondary N) is 1. The van der Waals surface area contributed by atoms with Crippen LogP contribution >= 0.6 is 0 Å². The van der Waals surface area contributed by atoms with Crippen LogP contribution in [0.25, 0.3) is 22.8 Å². The van der Waals surface area contributed by atoms with Crippen LogP contribution in [0.15, 0.2) is 77.6 Å². The topological polar surface area (TPSA) is 80.9 Å². The van der Waals surface area contributed by atoms with E-state index < -0.39 is 0 Å². The molecule has 0 atom stereocenters. The molecule has 6 nitrogen and oxygen atoms in total. The Morgan fingerprint density at radius 3 is 2.74 bits per heavy atom. The summed E-state index contributed by atoms with van der Waals surface area (Å²) in [4.78, 5) is 21.2. The van der Waals surface area contributed by atoms with Gasteiger partial charge in [0.15, 0.2) is 0 Å². The summed E-state index contributed by atoms with van der Waals surface area (Å²) < 4.78 is 5.43. The van der Waals surface area contributed by atoms with Crippen molar-refractivity contribution < 1.29 is 9.32 Å². The van der Waals surface area contributed by atoms with Gasteiger partial charge in [-0.15, -0.1) is 0 Å². The van der Waals surface area contributed by atoms with E-state index in [4.69, 9.17) is 4.52 Å². The van der Waals surface area contributed by atoms with Gasteiger partial charge in [0.25, 0.3) is 11.8 Å². The van der Waals surface area contributed by atoms with Crippen LogP contribution in [0.4, 0.5) is 5.69 Å². The molecule has 2 aromatic carbocycles. The van der Waals surface area contributed by atoms with Crippen LogP contribution in [-0.4, -0.2) is 21.0 Å². The zero-order valence-corrected chi connectivity index (χ0v) is 14.6. The fraction of sp³-hybridized carbons (Fsp3) is 0.0476. The van der Waals surface area contributed by atoms with Crippen LogP contribution in [0.3, 0.4) is 0 Å². The van der Waals surface area contributed by atoms with Crippen LogP contribution in [0.5, 0.6) is 0 Å². The zero-order valence-electron chi connectivity index (χ0n) is 14.6. The third-order valence-electron chi connectivity index (χ3n) is 4.02. The average Bonchev–Trinajstić information content (AvgIpc) is 3.19. The smallest absolute Gasteiger partial charge is 0.259 e. The summed E-state index contributed by atoms with van der Waals surface area (Å²) in [6.45, 7) is 2.00. The van der Waals surface area contributed by atoms with Crippen LogP contribution in [0.2, 0.25) is 0 Å². The molecule has 6 heteroatoms. The first-order valence-electron chi connectivity index (χ1n) is 8.42. The van der Waals surface area contributed by atoms with Gasteiger partial charge in [-0.25, -0.2) is 0 Å². The number of hydrogen-bond acceptors (Lipinski definition) is 5. The van der Waals surface area contributed by atoms with E-state index in [2.05, 4.69) is 20.4 Å². The Labute approximate surface area is 155 Å². The predicted molar refractivity (Wildman–Crippen MR) is 102 cm³/mol. The number of aromatic nitrogens is 3. The van der Waals surface area contributed by atoms with Crippen LogP contribution in [-0.2, 0) is 0 Å². The lowest BCUT2D eigenvalue weighted by Gasteiger charge is -2.07. The highest BCUT2D eigenvalue weighted by atomic mass is 16.5. The number of nitrogens with zero attached hydrogens (tertiary/aromatic N) is 3.